The number of unbranched alkanes of at least 4 members (excludes halogenated alkanes) is 1. The van der Waals surface area contributed by atoms with E-state index in [1.54, 1.807) is 20.8 Å². The fraction of sp³-hybridized carbons (Fsp3) is 0.867. The molecule has 0 radical (unpaired) electrons. The highest BCUT2D eigenvalue weighted by atomic mass is 16.4. The molecule has 2 amide bonds. The SMILES string of the molecule is CC(C)N(C)CCCCNC(=O)N[C@H](C(=O)O)C(C)(C)C. The predicted octanol–water partition coefficient (Wildman–Crippen LogP) is 1.91. The van der Waals surface area contributed by atoms with Gasteiger partial charge in [0.05, 0.1) is 0 Å². The van der Waals surface area contributed by atoms with Crippen molar-refractivity contribution in [3.05, 3.63) is 0 Å². The number of rotatable bonds is 8. The van der Waals surface area contributed by atoms with E-state index < -0.39 is 23.5 Å². The summed E-state index contributed by atoms with van der Waals surface area (Å²) in [4.78, 5) is 25.1. The molecule has 0 bridgehead atoms. The number of carbonyl (C=O) groups excluding carboxylic acids is 1. The second kappa shape index (κ2) is 8.87. The van der Waals surface area contributed by atoms with Crippen molar-refractivity contribution in [2.45, 2.75) is 59.5 Å². The Labute approximate surface area is 128 Å². The molecule has 0 aromatic carbocycles. The average Bonchev–Trinajstić information content (AvgIpc) is 2.33. The quantitative estimate of drug-likeness (QED) is 0.598. The number of nitrogens with one attached hydrogen (secondary N) is 2. The molecule has 0 rings (SSSR count). The van der Waals surface area contributed by atoms with E-state index >= 15 is 0 Å². The molecule has 0 aromatic rings. The monoisotopic (exact) mass is 301 g/mol. The number of carboxylic acids is 1. The maximum atomic E-state index is 11.7. The lowest BCUT2D eigenvalue weighted by Gasteiger charge is -2.27. The molecule has 6 heteroatoms. The first-order valence-electron chi connectivity index (χ1n) is 7.53. The molecule has 0 aliphatic carbocycles. The van der Waals surface area contributed by atoms with Crippen molar-refractivity contribution in [2.75, 3.05) is 20.1 Å². The topological polar surface area (TPSA) is 81.7 Å². The molecule has 1 atom stereocenters. The zero-order chi connectivity index (χ0) is 16.6. The van der Waals surface area contributed by atoms with Gasteiger partial charge in [0, 0.05) is 12.6 Å². The average molecular weight is 301 g/mol. The van der Waals surface area contributed by atoms with E-state index in [4.69, 9.17) is 5.11 Å². The van der Waals surface area contributed by atoms with Gasteiger partial charge in [-0.15, -0.1) is 0 Å². The number of amides is 2. The molecule has 6 nitrogen and oxygen atoms in total. The van der Waals surface area contributed by atoms with Crippen molar-refractivity contribution in [3.63, 3.8) is 0 Å². The molecule has 0 aliphatic heterocycles. The Hall–Kier alpha value is -1.30. The third-order valence-electron chi connectivity index (χ3n) is 3.49. The summed E-state index contributed by atoms with van der Waals surface area (Å²) in [7, 11) is 2.07. The molecule has 0 fully saturated rings. The first-order valence-corrected chi connectivity index (χ1v) is 7.53. The first kappa shape index (κ1) is 19.7. The van der Waals surface area contributed by atoms with E-state index in [2.05, 4.69) is 36.4 Å². The van der Waals surface area contributed by atoms with Gasteiger partial charge < -0.3 is 20.6 Å². The van der Waals surface area contributed by atoms with Crippen molar-refractivity contribution in [1.82, 2.24) is 15.5 Å². The smallest absolute Gasteiger partial charge is 0.326 e. The molecule has 0 saturated heterocycles. The Morgan fingerprint density at radius 1 is 1.19 bits per heavy atom. The molecule has 0 aliphatic rings. The van der Waals surface area contributed by atoms with Crippen LogP contribution in [0.1, 0.15) is 47.5 Å². The van der Waals surface area contributed by atoms with Crippen LogP contribution in [0, 0.1) is 5.41 Å². The summed E-state index contributed by atoms with van der Waals surface area (Å²) < 4.78 is 0. The molecule has 3 N–H and O–H groups in total. The Kier molecular flexibility index (Phi) is 8.32. The van der Waals surface area contributed by atoms with Crippen LogP contribution >= 0.6 is 0 Å². The molecule has 0 spiro atoms. The van der Waals surface area contributed by atoms with E-state index in [0.717, 1.165) is 19.4 Å². The molecule has 124 valence electrons. The summed E-state index contributed by atoms with van der Waals surface area (Å²) in [5.74, 6) is -1.02. The first-order chi connectivity index (χ1) is 9.55. The zero-order valence-electron chi connectivity index (χ0n) is 14.2. The highest BCUT2D eigenvalue weighted by Crippen LogP contribution is 2.19. The van der Waals surface area contributed by atoms with Gasteiger partial charge in [0.15, 0.2) is 0 Å². The largest absolute Gasteiger partial charge is 0.480 e. The van der Waals surface area contributed by atoms with Crippen LogP contribution in [-0.2, 0) is 4.79 Å². The number of hydrogen-bond acceptors (Lipinski definition) is 3. The van der Waals surface area contributed by atoms with Gasteiger partial charge in [-0.3, -0.25) is 0 Å². The third-order valence-corrected chi connectivity index (χ3v) is 3.49. The summed E-state index contributed by atoms with van der Waals surface area (Å²) in [5.41, 5.74) is -0.525. The van der Waals surface area contributed by atoms with E-state index in [1.165, 1.54) is 0 Å². The second-order valence-electron chi connectivity index (χ2n) is 6.82. The van der Waals surface area contributed by atoms with E-state index in [-0.39, 0.29) is 0 Å². The van der Waals surface area contributed by atoms with Crippen LogP contribution in [0.2, 0.25) is 0 Å². The summed E-state index contributed by atoms with van der Waals surface area (Å²) >= 11 is 0. The lowest BCUT2D eigenvalue weighted by atomic mass is 9.87. The maximum Gasteiger partial charge on any atom is 0.326 e. The van der Waals surface area contributed by atoms with E-state index in [9.17, 15) is 9.59 Å². The van der Waals surface area contributed by atoms with Crippen molar-refractivity contribution >= 4 is 12.0 Å². The van der Waals surface area contributed by atoms with Crippen LogP contribution in [0.5, 0.6) is 0 Å². The van der Waals surface area contributed by atoms with Gasteiger partial charge in [0.25, 0.3) is 0 Å². The molecule has 21 heavy (non-hydrogen) atoms. The zero-order valence-corrected chi connectivity index (χ0v) is 14.2. The van der Waals surface area contributed by atoms with Gasteiger partial charge in [-0.2, -0.15) is 0 Å². The van der Waals surface area contributed by atoms with E-state index in [0.29, 0.717) is 12.6 Å². The van der Waals surface area contributed by atoms with E-state index in [1.807, 2.05) is 0 Å². The summed E-state index contributed by atoms with van der Waals surface area (Å²) in [5, 5.41) is 14.4. The maximum absolute atomic E-state index is 11.7. The van der Waals surface area contributed by atoms with Crippen LogP contribution in [-0.4, -0.2) is 54.2 Å². The molecule has 0 unspecified atom stereocenters. The lowest BCUT2D eigenvalue weighted by Crippen LogP contribution is -2.52. The van der Waals surface area contributed by atoms with Crippen molar-refractivity contribution in [3.8, 4) is 0 Å². The highest BCUT2D eigenvalue weighted by molar-refractivity contribution is 5.83. The van der Waals surface area contributed by atoms with Crippen molar-refractivity contribution in [2.24, 2.45) is 5.41 Å². The number of carbonyl (C=O) groups is 2. The summed E-state index contributed by atoms with van der Waals surface area (Å²) in [6, 6.07) is -0.802. The third kappa shape index (κ3) is 8.55. The number of aliphatic carboxylic acids is 1. The standard InChI is InChI=1S/C15H31N3O3/c1-11(2)18(6)10-8-7-9-16-14(21)17-12(13(19)20)15(3,4)5/h11-12H,7-10H2,1-6H3,(H,19,20)(H2,16,17,21)/t12-/m1/s1. The Balaban J connectivity index is 3.97. The molecular weight excluding hydrogens is 270 g/mol. The summed E-state index contributed by atoms with van der Waals surface area (Å²) in [6.07, 6.45) is 1.87. The highest BCUT2D eigenvalue weighted by Gasteiger charge is 2.32. The van der Waals surface area contributed by atoms with Crippen LogP contribution < -0.4 is 10.6 Å². The number of nitrogens with zero attached hydrogens (tertiary/aromatic N) is 1. The van der Waals surface area contributed by atoms with Crippen molar-refractivity contribution < 1.29 is 14.7 Å². The predicted molar refractivity (Wildman–Crippen MR) is 84.4 cm³/mol. The molecule has 0 aromatic heterocycles. The van der Waals surface area contributed by atoms with Gasteiger partial charge in [-0.05, 0) is 45.7 Å². The van der Waals surface area contributed by atoms with Crippen LogP contribution in [0.3, 0.4) is 0 Å². The second-order valence-corrected chi connectivity index (χ2v) is 6.82. The Morgan fingerprint density at radius 3 is 2.19 bits per heavy atom. The van der Waals surface area contributed by atoms with Gasteiger partial charge >= 0.3 is 12.0 Å². The number of carboxylic acid groups (broad SMARTS) is 1. The normalized spacial score (nSPS) is 13.3. The molecule has 0 saturated carbocycles. The molecule has 0 heterocycles. The Morgan fingerprint density at radius 2 is 1.76 bits per heavy atom. The van der Waals surface area contributed by atoms with Gasteiger partial charge in [-0.1, -0.05) is 20.8 Å². The van der Waals surface area contributed by atoms with Crippen LogP contribution in [0.4, 0.5) is 4.79 Å². The number of urea groups is 1. The summed E-state index contributed by atoms with van der Waals surface area (Å²) in [6.45, 7) is 11.2. The fourth-order valence-electron chi connectivity index (χ4n) is 1.78. The minimum Gasteiger partial charge on any atom is -0.480 e. The number of hydrogen-bond donors (Lipinski definition) is 3. The van der Waals surface area contributed by atoms with Crippen LogP contribution in [0.25, 0.3) is 0 Å². The Bertz CT molecular complexity index is 338. The minimum atomic E-state index is -1.02. The van der Waals surface area contributed by atoms with Crippen molar-refractivity contribution in [1.29, 1.82) is 0 Å². The lowest BCUT2D eigenvalue weighted by molar-refractivity contribution is -0.141. The van der Waals surface area contributed by atoms with Crippen LogP contribution in [0.15, 0.2) is 0 Å². The van der Waals surface area contributed by atoms with Gasteiger partial charge in [0.1, 0.15) is 6.04 Å². The fourth-order valence-corrected chi connectivity index (χ4v) is 1.78. The molecular formula is C15H31N3O3. The van der Waals surface area contributed by atoms with Gasteiger partial charge in [-0.25, -0.2) is 9.59 Å². The minimum absolute atomic E-state index is 0.422. The van der Waals surface area contributed by atoms with Gasteiger partial charge in [0.2, 0.25) is 0 Å².